The molecule has 0 unspecified atom stereocenters. The SMILES string of the molecule is CN(Cc1ccc(N)cc1)C(=O)c1ccc(Br)s1. The molecule has 1 aromatic heterocycles. The van der Waals surface area contributed by atoms with E-state index in [1.165, 1.54) is 11.3 Å². The number of anilines is 1. The van der Waals surface area contributed by atoms with Crippen LogP contribution in [0.1, 0.15) is 15.2 Å². The van der Waals surface area contributed by atoms with Crippen molar-refractivity contribution in [3.8, 4) is 0 Å². The Kier molecular flexibility index (Phi) is 4.04. The smallest absolute Gasteiger partial charge is 0.264 e. The molecule has 3 nitrogen and oxygen atoms in total. The van der Waals surface area contributed by atoms with Crippen LogP contribution in [0.15, 0.2) is 40.2 Å². The number of hydrogen-bond acceptors (Lipinski definition) is 3. The number of benzene rings is 1. The monoisotopic (exact) mass is 324 g/mol. The lowest BCUT2D eigenvalue weighted by atomic mass is 10.2. The Bertz CT molecular complexity index is 550. The Hall–Kier alpha value is -1.33. The van der Waals surface area contributed by atoms with E-state index in [9.17, 15) is 4.79 Å². The third-order valence-corrected chi connectivity index (χ3v) is 4.14. The van der Waals surface area contributed by atoms with Gasteiger partial charge in [0.15, 0.2) is 0 Å². The van der Waals surface area contributed by atoms with Gasteiger partial charge in [0.25, 0.3) is 5.91 Å². The molecular weight excluding hydrogens is 312 g/mol. The van der Waals surface area contributed by atoms with E-state index in [1.807, 2.05) is 36.4 Å². The molecule has 1 amide bonds. The molecule has 0 atom stereocenters. The van der Waals surface area contributed by atoms with Crippen molar-refractivity contribution >= 4 is 38.9 Å². The summed E-state index contributed by atoms with van der Waals surface area (Å²) in [6, 6.07) is 11.3. The number of halogens is 1. The van der Waals surface area contributed by atoms with Crippen molar-refractivity contribution in [2.24, 2.45) is 0 Å². The predicted molar refractivity (Wildman–Crippen MR) is 78.7 cm³/mol. The highest BCUT2D eigenvalue weighted by atomic mass is 79.9. The van der Waals surface area contributed by atoms with Gasteiger partial charge >= 0.3 is 0 Å². The first-order valence-electron chi connectivity index (χ1n) is 5.41. The fourth-order valence-corrected chi connectivity index (χ4v) is 2.97. The first-order chi connectivity index (χ1) is 8.56. The Morgan fingerprint density at radius 1 is 1.28 bits per heavy atom. The maximum absolute atomic E-state index is 12.1. The Labute approximate surface area is 118 Å². The second-order valence-corrected chi connectivity index (χ2v) is 6.47. The molecule has 0 saturated carbocycles. The molecule has 1 heterocycles. The average Bonchev–Trinajstić information content (AvgIpc) is 2.78. The lowest BCUT2D eigenvalue weighted by Gasteiger charge is -2.16. The number of amides is 1. The third kappa shape index (κ3) is 3.11. The van der Waals surface area contributed by atoms with Gasteiger partial charge in [-0.15, -0.1) is 11.3 Å². The zero-order chi connectivity index (χ0) is 13.1. The van der Waals surface area contributed by atoms with Crippen molar-refractivity contribution < 1.29 is 4.79 Å². The second kappa shape index (κ2) is 5.54. The first kappa shape index (κ1) is 13.1. The van der Waals surface area contributed by atoms with E-state index >= 15 is 0 Å². The normalized spacial score (nSPS) is 10.3. The number of rotatable bonds is 3. The molecule has 2 rings (SSSR count). The van der Waals surface area contributed by atoms with Crippen molar-refractivity contribution in [1.82, 2.24) is 4.90 Å². The molecule has 0 saturated heterocycles. The van der Waals surface area contributed by atoms with Gasteiger partial charge < -0.3 is 10.6 Å². The number of carbonyl (C=O) groups excluding carboxylic acids is 1. The quantitative estimate of drug-likeness (QED) is 0.880. The van der Waals surface area contributed by atoms with E-state index in [2.05, 4.69) is 15.9 Å². The van der Waals surface area contributed by atoms with Gasteiger partial charge in [0.05, 0.1) is 8.66 Å². The molecular formula is C13H13BrN2OS. The molecule has 5 heteroatoms. The van der Waals surface area contributed by atoms with Crippen molar-refractivity contribution in [2.75, 3.05) is 12.8 Å². The number of nitrogen functional groups attached to an aromatic ring is 1. The van der Waals surface area contributed by atoms with E-state index in [4.69, 9.17) is 5.73 Å². The van der Waals surface area contributed by atoms with E-state index in [0.717, 1.165) is 19.9 Å². The van der Waals surface area contributed by atoms with Crippen LogP contribution < -0.4 is 5.73 Å². The fourth-order valence-electron chi connectivity index (χ4n) is 1.59. The summed E-state index contributed by atoms with van der Waals surface area (Å²) in [6.45, 7) is 0.578. The summed E-state index contributed by atoms with van der Waals surface area (Å²) in [5.41, 5.74) is 7.42. The second-order valence-electron chi connectivity index (χ2n) is 4.01. The average molecular weight is 325 g/mol. The molecule has 2 N–H and O–H groups in total. The number of carbonyl (C=O) groups is 1. The van der Waals surface area contributed by atoms with Gasteiger partial charge in [-0.2, -0.15) is 0 Å². The van der Waals surface area contributed by atoms with Crippen LogP contribution in [0.5, 0.6) is 0 Å². The van der Waals surface area contributed by atoms with Crippen LogP contribution in [0.4, 0.5) is 5.69 Å². The van der Waals surface area contributed by atoms with E-state index in [-0.39, 0.29) is 5.91 Å². The van der Waals surface area contributed by atoms with E-state index in [1.54, 1.807) is 11.9 Å². The lowest BCUT2D eigenvalue weighted by molar-refractivity contribution is 0.0790. The molecule has 18 heavy (non-hydrogen) atoms. The summed E-state index contributed by atoms with van der Waals surface area (Å²) in [5.74, 6) is 0.0301. The minimum atomic E-state index is 0.0301. The zero-order valence-corrected chi connectivity index (χ0v) is 12.3. The highest BCUT2D eigenvalue weighted by Crippen LogP contribution is 2.23. The largest absolute Gasteiger partial charge is 0.399 e. The maximum Gasteiger partial charge on any atom is 0.264 e. The van der Waals surface area contributed by atoms with Gasteiger partial charge in [0.2, 0.25) is 0 Å². The lowest BCUT2D eigenvalue weighted by Crippen LogP contribution is -2.25. The summed E-state index contributed by atoms with van der Waals surface area (Å²) in [4.78, 5) is 14.6. The Balaban J connectivity index is 2.05. The van der Waals surface area contributed by atoms with Gasteiger partial charge in [0, 0.05) is 19.3 Å². The summed E-state index contributed by atoms with van der Waals surface area (Å²) in [5, 5.41) is 0. The summed E-state index contributed by atoms with van der Waals surface area (Å²) in [7, 11) is 1.80. The molecule has 1 aromatic carbocycles. The van der Waals surface area contributed by atoms with Crippen molar-refractivity contribution in [1.29, 1.82) is 0 Å². The molecule has 0 bridgehead atoms. The molecule has 2 aromatic rings. The molecule has 0 fully saturated rings. The van der Waals surface area contributed by atoms with Crippen molar-refractivity contribution in [2.45, 2.75) is 6.54 Å². The third-order valence-electron chi connectivity index (χ3n) is 2.53. The number of nitrogens with zero attached hydrogens (tertiary/aromatic N) is 1. The van der Waals surface area contributed by atoms with Gasteiger partial charge in [0.1, 0.15) is 0 Å². The predicted octanol–water partition coefficient (Wildman–Crippen LogP) is 3.37. The minimum absolute atomic E-state index is 0.0301. The van der Waals surface area contributed by atoms with Gasteiger partial charge in [-0.05, 0) is 45.8 Å². The van der Waals surface area contributed by atoms with Gasteiger partial charge in [-0.25, -0.2) is 0 Å². The zero-order valence-electron chi connectivity index (χ0n) is 9.89. The minimum Gasteiger partial charge on any atom is -0.399 e. The standard InChI is InChI=1S/C13H13BrN2OS/c1-16(8-9-2-4-10(15)5-3-9)13(17)11-6-7-12(14)18-11/h2-7H,8,15H2,1H3. The van der Waals surface area contributed by atoms with Crippen LogP contribution in [-0.4, -0.2) is 17.9 Å². The highest BCUT2D eigenvalue weighted by Gasteiger charge is 2.13. The van der Waals surface area contributed by atoms with Gasteiger partial charge in [-0.1, -0.05) is 12.1 Å². The highest BCUT2D eigenvalue weighted by molar-refractivity contribution is 9.11. The van der Waals surface area contributed by atoms with Crippen LogP contribution >= 0.6 is 27.3 Å². The van der Waals surface area contributed by atoms with Crippen LogP contribution in [-0.2, 0) is 6.54 Å². The van der Waals surface area contributed by atoms with Crippen LogP contribution in [0.25, 0.3) is 0 Å². The van der Waals surface area contributed by atoms with Gasteiger partial charge in [-0.3, -0.25) is 4.79 Å². The van der Waals surface area contributed by atoms with E-state index < -0.39 is 0 Å². The molecule has 0 aliphatic heterocycles. The molecule has 0 radical (unpaired) electrons. The first-order valence-corrected chi connectivity index (χ1v) is 7.02. The summed E-state index contributed by atoms with van der Waals surface area (Å²) >= 11 is 4.80. The van der Waals surface area contributed by atoms with Crippen LogP contribution in [0.2, 0.25) is 0 Å². The maximum atomic E-state index is 12.1. The van der Waals surface area contributed by atoms with Crippen LogP contribution in [0, 0.1) is 0 Å². The summed E-state index contributed by atoms with van der Waals surface area (Å²) in [6.07, 6.45) is 0. The Morgan fingerprint density at radius 3 is 2.50 bits per heavy atom. The number of hydrogen-bond donors (Lipinski definition) is 1. The Morgan fingerprint density at radius 2 is 1.94 bits per heavy atom. The summed E-state index contributed by atoms with van der Waals surface area (Å²) < 4.78 is 0.965. The number of nitrogens with two attached hydrogens (primary N) is 1. The molecule has 94 valence electrons. The molecule has 0 aliphatic rings. The van der Waals surface area contributed by atoms with Crippen molar-refractivity contribution in [3.63, 3.8) is 0 Å². The topological polar surface area (TPSA) is 46.3 Å². The fraction of sp³-hybridized carbons (Fsp3) is 0.154. The van der Waals surface area contributed by atoms with E-state index in [0.29, 0.717) is 6.54 Å². The van der Waals surface area contributed by atoms with Crippen LogP contribution in [0.3, 0.4) is 0 Å². The number of thiophene rings is 1. The van der Waals surface area contributed by atoms with Crippen molar-refractivity contribution in [3.05, 3.63) is 50.6 Å². The molecule has 0 aliphatic carbocycles. The molecule has 0 spiro atoms.